The molecule has 1 rings (SSSR count). The third-order valence-corrected chi connectivity index (χ3v) is 4.72. The summed E-state index contributed by atoms with van der Waals surface area (Å²) in [6.45, 7) is 7.15. The predicted octanol–water partition coefficient (Wildman–Crippen LogP) is 4.40. The standard InChI is InChI=1S/C18H33NO/c1-4-6-7-16(13-20)17(10-14(3)5-2)11-15-8-9-18(19)12-15/h8-9,14,16-17,20H,4-7,10-13,19H2,1-3H3/t14?,16-,17?/m0/s1. The summed E-state index contributed by atoms with van der Waals surface area (Å²) in [4.78, 5) is 0. The number of allylic oxidation sites excluding steroid dienone is 3. The third kappa shape index (κ3) is 5.70. The van der Waals surface area contributed by atoms with Crippen LogP contribution in [0.25, 0.3) is 0 Å². The molecule has 0 fully saturated rings. The van der Waals surface area contributed by atoms with Gasteiger partial charge in [-0.1, -0.05) is 51.7 Å². The highest BCUT2D eigenvalue weighted by Gasteiger charge is 2.24. The zero-order chi connectivity index (χ0) is 15.0. The Morgan fingerprint density at radius 2 is 2.00 bits per heavy atom. The summed E-state index contributed by atoms with van der Waals surface area (Å²) < 4.78 is 0. The van der Waals surface area contributed by atoms with Gasteiger partial charge in [-0.15, -0.1) is 0 Å². The highest BCUT2D eigenvalue weighted by Crippen LogP contribution is 2.34. The molecule has 3 N–H and O–H groups in total. The fourth-order valence-electron chi connectivity index (χ4n) is 3.15. The average molecular weight is 279 g/mol. The monoisotopic (exact) mass is 279 g/mol. The highest BCUT2D eigenvalue weighted by atomic mass is 16.3. The van der Waals surface area contributed by atoms with E-state index in [0.29, 0.717) is 18.4 Å². The molecule has 0 bridgehead atoms. The topological polar surface area (TPSA) is 46.2 Å². The van der Waals surface area contributed by atoms with E-state index in [9.17, 15) is 5.11 Å². The van der Waals surface area contributed by atoms with Crippen molar-refractivity contribution in [3.05, 3.63) is 23.4 Å². The second-order valence-corrected chi connectivity index (χ2v) is 6.54. The second kappa shape index (κ2) is 9.23. The van der Waals surface area contributed by atoms with Crippen LogP contribution in [0.15, 0.2) is 23.4 Å². The van der Waals surface area contributed by atoms with E-state index < -0.39 is 0 Å². The molecule has 3 atom stereocenters. The van der Waals surface area contributed by atoms with Gasteiger partial charge in [-0.2, -0.15) is 0 Å². The van der Waals surface area contributed by atoms with Crippen LogP contribution in [-0.4, -0.2) is 11.7 Å². The molecule has 2 unspecified atom stereocenters. The van der Waals surface area contributed by atoms with Crippen LogP contribution in [-0.2, 0) is 0 Å². The van der Waals surface area contributed by atoms with Gasteiger partial charge in [0, 0.05) is 18.7 Å². The SMILES string of the molecule is CCCC[C@@H](CO)C(CC1=CC=C(N)C1)CC(C)CC. The number of hydrogen-bond donors (Lipinski definition) is 2. The van der Waals surface area contributed by atoms with Crippen LogP contribution in [0.4, 0.5) is 0 Å². The number of aliphatic hydroxyl groups excluding tert-OH is 1. The van der Waals surface area contributed by atoms with Crippen molar-refractivity contribution < 1.29 is 5.11 Å². The minimum absolute atomic E-state index is 0.331. The van der Waals surface area contributed by atoms with Crippen LogP contribution >= 0.6 is 0 Å². The second-order valence-electron chi connectivity index (χ2n) is 6.54. The molecule has 1 aliphatic carbocycles. The lowest BCUT2D eigenvalue weighted by Gasteiger charge is -2.28. The van der Waals surface area contributed by atoms with E-state index >= 15 is 0 Å². The van der Waals surface area contributed by atoms with Gasteiger partial charge in [0.25, 0.3) is 0 Å². The van der Waals surface area contributed by atoms with Crippen LogP contribution < -0.4 is 5.73 Å². The lowest BCUT2D eigenvalue weighted by atomic mass is 9.78. The normalized spacial score (nSPS) is 19.4. The van der Waals surface area contributed by atoms with E-state index in [2.05, 4.69) is 26.8 Å². The fourth-order valence-corrected chi connectivity index (χ4v) is 3.15. The van der Waals surface area contributed by atoms with Crippen molar-refractivity contribution in [1.82, 2.24) is 0 Å². The first-order valence-corrected chi connectivity index (χ1v) is 8.35. The summed E-state index contributed by atoms with van der Waals surface area (Å²) in [5.41, 5.74) is 8.31. The van der Waals surface area contributed by atoms with Crippen molar-refractivity contribution in [2.75, 3.05) is 6.61 Å². The van der Waals surface area contributed by atoms with Crippen LogP contribution in [0.1, 0.15) is 65.7 Å². The Morgan fingerprint density at radius 1 is 1.25 bits per heavy atom. The summed E-state index contributed by atoms with van der Waals surface area (Å²) >= 11 is 0. The van der Waals surface area contributed by atoms with Crippen molar-refractivity contribution in [3.63, 3.8) is 0 Å². The molecule has 0 aromatic heterocycles. The average Bonchev–Trinajstić information content (AvgIpc) is 2.84. The molecule has 20 heavy (non-hydrogen) atoms. The minimum atomic E-state index is 0.331. The van der Waals surface area contributed by atoms with E-state index in [1.807, 2.05) is 6.08 Å². The Morgan fingerprint density at radius 3 is 2.50 bits per heavy atom. The number of unbranched alkanes of at least 4 members (excludes halogenated alkanes) is 1. The molecule has 0 heterocycles. The maximum Gasteiger partial charge on any atom is 0.0462 e. The van der Waals surface area contributed by atoms with E-state index in [1.165, 1.54) is 31.3 Å². The van der Waals surface area contributed by atoms with E-state index in [4.69, 9.17) is 5.73 Å². The van der Waals surface area contributed by atoms with Gasteiger partial charge in [0.2, 0.25) is 0 Å². The summed E-state index contributed by atoms with van der Waals surface area (Å²) in [5.74, 6) is 1.79. The van der Waals surface area contributed by atoms with Crippen molar-refractivity contribution in [3.8, 4) is 0 Å². The van der Waals surface area contributed by atoms with Crippen molar-refractivity contribution >= 4 is 0 Å². The molecule has 0 aromatic rings. The molecule has 2 heteroatoms. The van der Waals surface area contributed by atoms with Crippen LogP contribution in [0.3, 0.4) is 0 Å². The van der Waals surface area contributed by atoms with Gasteiger partial charge in [0.1, 0.15) is 0 Å². The zero-order valence-electron chi connectivity index (χ0n) is 13.6. The Labute approximate surface area is 125 Å². The molecule has 0 saturated carbocycles. The minimum Gasteiger partial charge on any atom is -0.402 e. The molecular weight excluding hydrogens is 246 g/mol. The molecule has 1 aliphatic rings. The molecular formula is C18H33NO. The molecule has 0 aliphatic heterocycles. The smallest absolute Gasteiger partial charge is 0.0462 e. The maximum absolute atomic E-state index is 9.78. The van der Waals surface area contributed by atoms with E-state index in [-0.39, 0.29) is 0 Å². The van der Waals surface area contributed by atoms with Crippen molar-refractivity contribution in [2.24, 2.45) is 23.5 Å². The first-order valence-electron chi connectivity index (χ1n) is 8.35. The molecule has 0 spiro atoms. The summed E-state index contributed by atoms with van der Waals surface area (Å²) in [6.07, 6.45) is 12.3. The third-order valence-electron chi connectivity index (χ3n) is 4.72. The zero-order valence-corrected chi connectivity index (χ0v) is 13.6. The Balaban J connectivity index is 2.62. The fraction of sp³-hybridized carbons (Fsp3) is 0.778. The molecule has 0 aromatic carbocycles. The molecule has 116 valence electrons. The lowest BCUT2D eigenvalue weighted by Crippen LogP contribution is -2.22. The number of nitrogens with two attached hydrogens (primary N) is 1. The molecule has 0 saturated heterocycles. The van der Waals surface area contributed by atoms with Gasteiger partial charge in [-0.05, 0) is 43.1 Å². The van der Waals surface area contributed by atoms with Gasteiger partial charge in [0.15, 0.2) is 0 Å². The van der Waals surface area contributed by atoms with Crippen LogP contribution in [0, 0.1) is 17.8 Å². The summed E-state index contributed by atoms with van der Waals surface area (Å²) in [7, 11) is 0. The number of aliphatic hydroxyl groups is 1. The van der Waals surface area contributed by atoms with Crippen molar-refractivity contribution in [1.29, 1.82) is 0 Å². The Bertz CT molecular complexity index is 332. The summed E-state index contributed by atoms with van der Waals surface area (Å²) in [6, 6.07) is 0. The van der Waals surface area contributed by atoms with Crippen molar-refractivity contribution in [2.45, 2.75) is 65.7 Å². The predicted molar refractivity (Wildman–Crippen MR) is 87.3 cm³/mol. The first-order chi connectivity index (χ1) is 9.60. The highest BCUT2D eigenvalue weighted by molar-refractivity contribution is 5.28. The van der Waals surface area contributed by atoms with Gasteiger partial charge >= 0.3 is 0 Å². The molecule has 0 radical (unpaired) electrons. The quantitative estimate of drug-likeness (QED) is 0.622. The Hall–Kier alpha value is -0.760. The molecule has 2 nitrogen and oxygen atoms in total. The number of hydrogen-bond acceptors (Lipinski definition) is 2. The largest absolute Gasteiger partial charge is 0.402 e. The van der Waals surface area contributed by atoms with E-state index in [0.717, 1.165) is 30.9 Å². The molecule has 0 amide bonds. The van der Waals surface area contributed by atoms with Crippen LogP contribution in [0.5, 0.6) is 0 Å². The lowest BCUT2D eigenvalue weighted by molar-refractivity contribution is 0.146. The Kier molecular flexibility index (Phi) is 7.98. The van der Waals surface area contributed by atoms with E-state index in [1.54, 1.807) is 0 Å². The van der Waals surface area contributed by atoms with Gasteiger partial charge < -0.3 is 10.8 Å². The van der Waals surface area contributed by atoms with Gasteiger partial charge in [-0.3, -0.25) is 0 Å². The number of rotatable bonds is 10. The van der Waals surface area contributed by atoms with Gasteiger partial charge in [-0.25, -0.2) is 0 Å². The maximum atomic E-state index is 9.78. The first kappa shape index (κ1) is 17.3. The van der Waals surface area contributed by atoms with Gasteiger partial charge in [0.05, 0.1) is 0 Å². The van der Waals surface area contributed by atoms with Crippen LogP contribution in [0.2, 0.25) is 0 Å². The summed E-state index contributed by atoms with van der Waals surface area (Å²) in [5, 5.41) is 9.78.